The Labute approximate surface area is 174 Å². The van der Waals surface area contributed by atoms with Crippen LogP contribution in [0.25, 0.3) is 0 Å². The molecular weight excluding hydrogens is 385 g/mol. The summed E-state index contributed by atoms with van der Waals surface area (Å²) in [6, 6.07) is 13.0. The zero-order valence-electron chi connectivity index (χ0n) is 16.6. The van der Waals surface area contributed by atoms with Crippen LogP contribution < -0.4 is 15.5 Å². The fourth-order valence-electron chi connectivity index (χ4n) is 4.14. The van der Waals surface area contributed by atoms with E-state index >= 15 is 0 Å². The van der Waals surface area contributed by atoms with Crippen molar-refractivity contribution >= 4 is 29.1 Å². The number of amides is 3. The van der Waals surface area contributed by atoms with Gasteiger partial charge >= 0.3 is 0 Å². The van der Waals surface area contributed by atoms with Gasteiger partial charge in [0.15, 0.2) is 0 Å². The van der Waals surface area contributed by atoms with Crippen molar-refractivity contribution in [2.75, 3.05) is 16.8 Å². The first-order chi connectivity index (χ1) is 14.5. The van der Waals surface area contributed by atoms with Crippen LogP contribution in [0.15, 0.2) is 48.5 Å². The zero-order valence-corrected chi connectivity index (χ0v) is 16.6. The molecule has 1 unspecified atom stereocenters. The summed E-state index contributed by atoms with van der Waals surface area (Å²) in [6.45, 7) is 0.0992. The van der Waals surface area contributed by atoms with E-state index in [-0.39, 0.29) is 42.4 Å². The third-order valence-electron chi connectivity index (χ3n) is 5.76. The first-order valence-corrected chi connectivity index (χ1v) is 10.3. The molecule has 3 amide bonds. The Bertz CT molecular complexity index is 972. The first-order valence-electron chi connectivity index (χ1n) is 10.3. The van der Waals surface area contributed by atoms with Crippen LogP contribution in [0.2, 0.25) is 0 Å². The second-order valence-corrected chi connectivity index (χ2v) is 7.85. The fraction of sp³-hybridized carbons (Fsp3) is 0.348. The molecule has 1 aliphatic heterocycles. The summed E-state index contributed by atoms with van der Waals surface area (Å²) >= 11 is 0. The van der Waals surface area contributed by atoms with E-state index in [0.29, 0.717) is 11.3 Å². The van der Waals surface area contributed by atoms with Crippen LogP contribution in [0, 0.1) is 11.7 Å². The molecular formula is C23H24FN3O3. The topological polar surface area (TPSA) is 78.5 Å². The average Bonchev–Trinajstić information content (AvgIpc) is 3.38. The van der Waals surface area contributed by atoms with Gasteiger partial charge in [0.2, 0.25) is 11.8 Å². The van der Waals surface area contributed by atoms with Crippen LogP contribution >= 0.6 is 0 Å². The lowest BCUT2D eigenvalue weighted by molar-refractivity contribution is -0.122. The van der Waals surface area contributed by atoms with Crippen LogP contribution in [0.4, 0.5) is 15.8 Å². The molecule has 2 fully saturated rings. The van der Waals surface area contributed by atoms with Crippen molar-refractivity contribution in [1.29, 1.82) is 0 Å². The van der Waals surface area contributed by atoms with Gasteiger partial charge in [-0.2, -0.15) is 0 Å². The van der Waals surface area contributed by atoms with Gasteiger partial charge in [0, 0.05) is 19.0 Å². The predicted molar refractivity (Wildman–Crippen MR) is 112 cm³/mol. The van der Waals surface area contributed by atoms with Crippen LogP contribution in [-0.2, 0) is 9.59 Å². The van der Waals surface area contributed by atoms with E-state index in [1.807, 2.05) is 0 Å². The summed E-state index contributed by atoms with van der Waals surface area (Å²) in [5.74, 6) is -1.99. The van der Waals surface area contributed by atoms with Crippen molar-refractivity contribution in [3.05, 3.63) is 59.9 Å². The van der Waals surface area contributed by atoms with E-state index in [0.717, 1.165) is 25.7 Å². The number of carbonyl (C=O) groups is 3. The highest BCUT2D eigenvalue weighted by molar-refractivity contribution is 6.07. The molecule has 156 valence electrons. The average molecular weight is 409 g/mol. The van der Waals surface area contributed by atoms with Crippen molar-refractivity contribution in [1.82, 2.24) is 5.32 Å². The Morgan fingerprint density at radius 1 is 1.00 bits per heavy atom. The van der Waals surface area contributed by atoms with Crippen LogP contribution in [-0.4, -0.2) is 30.3 Å². The Morgan fingerprint density at radius 3 is 2.47 bits per heavy atom. The normalized spacial score (nSPS) is 19.2. The molecule has 1 saturated heterocycles. The molecule has 7 heteroatoms. The lowest BCUT2D eigenvalue weighted by Gasteiger charge is -2.18. The minimum Gasteiger partial charge on any atom is -0.349 e. The van der Waals surface area contributed by atoms with Crippen LogP contribution in [0.3, 0.4) is 0 Å². The lowest BCUT2D eigenvalue weighted by atomic mass is 10.1. The van der Waals surface area contributed by atoms with Crippen molar-refractivity contribution in [3.8, 4) is 0 Å². The number of rotatable bonds is 5. The first kappa shape index (κ1) is 20.1. The third-order valence-corrected chi connectivity index (χ3v) is 5.76. The molecule has 1 saturated carbocycles. The SMILES string of the molecule is O=C(NC1CCCC1)c1ccccc1NC(=O)C1CC(=O)N(c2ccccc2F)C1. The third kappa shape index (κ3) is 4.20. The van der Waals surface area contributed by atoms with E-state index in [1.54, 1.807) is 36.4 Å². The number of carbonyl (C=O) groups excluding carboxylic acids is 3. The molecule has 0 bridgehead atoms. The van der Waals surface area contributed by atoms with E-state index in [9.17, 15) is 18.8 Å². The van der Waals surface area contributed by atoms with Crippen LogP contribution in [0.1, 0.15) is 42.5 Å². The highest BCUT2D eigenvalue weighted by atomic mass is 19.1. The number of nitrogens with one attached hydrogen (secondary N) is 2. The van der Waals surface area contributed by atoms with Gasteiger partial charge < -0.3 is 15.5 Å². The van der Waals surface area contributed by atoms with Crippen molar-refractivity contribution in [2.24, 2.45) is 5.92 Å². The van der Waals surface area contributed by atoms with E-state index in [1.165, 1.54) is 17.0 Å². The molecule has 1 aliphatic carbocycles. The highest BCUT2D eigenvalue weighted by Crippen LogP contribution is 2.28. The maximum atomic E-state index is 14.1. The summed E-state index contributed by atoms with van der Waals surface area (Å²) in [6.07, 6.45) is 4.15. The van der Waals surface area contributed by atoms with E-state index in [2.05, 4.69) is 10.6 Å². The number of hydrogen-bond acceptors (Lipinski definition) is 3. The number of para-hydroxylation sites is 2. The maximum absolute atomic E-state index is 14.1. The van der Waals surface area contributed by atoms with Gasteiger partial charge in [-0.05, 0) is 37.1 Å². The largest absolute Gasteiger partial charge is 0.349 e. The minimum absolute atomic E-state index is 0.00337. The van der Waals surface area contributed by atoms with Gasteiger partial charge in [-0.3, -0.25) is 14.4 Å². The molecule has 2 aromatic rings. The molecule has 1 heterocycles. The molecule has 2 aromatic carbocycles. The summed E-state index contributed by atoms with van der Waals surface area (Å²) in [4.78, 5) is 39.2. The molecule has 30 heavy (non-hydrogen) atoms. The van der Waals surface area contributed by atoms with Crippen molar-refractivity contribution in [3.63, 3.8) is 0 Å². The highest BCUT2D eigenvalue weighted by Gasteiger charge is 2.36. The van der Waals surface area contributed by atoms with Gasteiger partial charge in [-0.25, -0.2) is 4.39 Å². The van der Waals surface area contributed by atoms with Gasteiger partial charge in [-0.15, -0.1) is 0 Å². The van der Waals surface area contributed by atoms with Gasteiger partial charge in [0.1, 0.15) is 5.82 Å². The van der Waals surface area contributed by atoms with Gasteiger partial charge in [-0.1, -0.05) is 37.1 Å². The Kier molecular flexibility index (Phi) is 5.79. The monoisotopic (exact) mass is 409 g/mol. The van der Waals surface area contributed by atoms with Gasteiger partial charge in [0.25, 0.3) is 5.91 Å². The number of anilines is 2. The predicted octanol–water partition coefficient (Wildman–Crippen LogP) is 3.49. The molecule has 4 rings (SSSR count). The van der Waals surface area contributed by atoms with Crippen molar-refractivity contribution in [2.45, 2.75) is 38.1 Å². The quantitative estimate of drug-likeness (QED) is 0.794. The number of nitrogens with zero attached hydrogens (tertiary/aromatic N) is 1. The molecule has 0 aromatic heterocycles. The standard InChI is InChI=1S/C23H24FN3O3/c24-18-10-4-6-12-20(18)27-14-15(13-21(27)28)22(29)26-19-11-5-3-9-17(19)23(30)25-16-7-1-2-8-16/h3-6,9-12,15-16H,1-2,7-8,13-14H2,(H,25,30)(H,26,29). The summed E-state index contributed by atoms with van der Waals surface area (Å²) in [5.41, 5.74) is 0.983. The summed E-state index contributed by atoms with van der Waals surface area (Å²) in [5, 5.41) is 5.82. The molecule has 2 aliphatic rings. The maximum Gasteiger partial charge on any atom is 0.253 e. The Balaban J connectivity index is 1.45. The molecule has 6 nitrogen and oxygen atoms in total. The molecule has 0 radical (unpaired) electrons. The fourth-order valence-corrected chi connectivity index (χ4v) is 4.14. The lowest BCUT2D eigenvalue weighted by Crippen LogP contribution is -2.34. The number of hydrogen-bond donors (Lipinski definition) is 2. The smallest absolute Gasteiger partial charge is 0.253 e. The molecule has 2 N–H and O–H groups in total. The Hall–Kier alpha value is -3.22. The Morgan fingerprint density at radius 2 is 1.70 bits per heavy atom. The number of benzene rings is 2. The van der Waals surface area contributed by atoms with E-state index in [4.69, 9.17) is 0 Å². The second kappa shape index (κ2) is 8.65. The van der Waals surface area contributed by atoms with Crippen LogP contribution in [0.5, 0.6) is 0 Å². The van der Waals surface area contributed by atoms with Crippen molar-refractivity contribution < 1.29 is 18.8 Å². The molecule has 1 atom stereocenters. The number of halogens is 1. The molecule has 0 spiro atoms. The zero-order chi connectivity index (χ0) is 21.1. The second-order valence-electron chi connectivity index (χ2n) is 7.85. The minimum atomic E-state index is -0.622. The summed E-state index contributed by atoms with van der Waals surface area (Å²) in [7, 11) is 0. The van der Waals surface area contributed by atoms with Gasteiger partial charge in [0.05, 0.1) is 22.9 Å². The van der Waals surface area contributed by atoms with E-state index < -0.39 is 11.7 Å². The summed E-state index contributed by atoms with van der Waals surface area (Å²) < 4.78 is 14.1.